The first-order valence-corrected chi connectivity index (χ1v) is 10.5. The van der Waals surface area contributed by atoms with Crippen molar-refractivity contribution in [3.63, 3.8) is 0 Å². The van der Waals surface area contributed by atoms with E-state index < -0.39 is 10.0 Å². The van der Waals surface area contributed by atoms with Crippen molar-refractivity contribution in [2.45, 2.75) is 17.5 Å². The SMILES string of the molecule is COc1ccccc1C1CNCCN1Cc1cccc(S(=O)(=O)N(C)C)c1.Cl. The summed E-state index contributed by atoms with van der Waals surface area (Å²) in [6.45, 7) is 3.30. The Morgan fingerprint density at radius 3 is 2.64 bits per heavy atom. The Morgan fingerprint density at radius 1 is 1.18 bits per heavy atom. The Labute approximate surface area is 173 Å². The van der Waals surface area contributed by atoms with Crippen molar-refractivity contribution in [2.75, 3.05) is 40.8 Å². The Balaban J connectivity index is 0.00000280. The molecule has 1 atom stereocenters. The molecule has 8 heteroatoms. The van der Waals surface area contributed by atoms with E-state index in [1.54, 1.807) is 33.3 Å². The number of halogens is 1. The van der Waals surface area contributed by atoms with Crippen molar-refractivity contribution >= 4 is 22.4 Å². The van der Waals surface area contributed by atoms with Gasteiger partial charge in [0, 0.05) is 45.8 Å². The van der Waals surface area contributed by atoms with Gasteiger partial charge in [-0.1, -0.05) is 30.3 Å². The molecule has 0 aliphatic carbocycles. The third kappa shape index (κ3) is 4.85. The van der Waals surface area contributed by atoms with Crippen LogP contribution < -0.4 is 10.1 Å². The van der Waals surface area contributed by atoms with Gasteiger partial charge in [-0.2, -0.15) is 0 Å². The van der Waals surface area contributed by atoms with E-state index in [-0.39, 0.29) is 18.4 Å². The summed E-state index contributed by atoms with van der Waals surface area (Å²) in [6.07, 6.45) is 0. The normalized spacial score (nSPS) is 17.9. The van der Waals surface area contributed by atoms with Crippen molar-refractivity contribution in [2.24, 2.45) is 0 Å². The average molecular weight is 426 g/mol. The van der Waals surface area contributed by atoms with Gasteiger partial charge in [-0.15, -0.1) is 12.4 Å². The predicted molar refractivity (Wildman–Crippen MR) is 114 cm³/mol. The minimum Gasteiger partial charge on any atom is -0.496 e. The van der Waals surface area contributed by atoms with E-state index in [0.29, 0.717) is 11.4 Å². The lowest BCUT2D eigenvalue weighted by atomic mass is 10.0. The van der Waals surface area contributed by atoms with Crippen LogP contribution in [-0.4, -0.2) is 58.5 Å². The van der Waals surface area contributed by atoms with Gasteiger partial charge in [-0.05, 0) is 23.8 Å². The quantitative estimate of drug-likeness (QED) is 0.770. The average Bonchev–Trinajstić information content (AvgIpc) is 2.68. The highest BCUT2D eigenvalue weighted by Crippen LogP contribution is 2.31. The van der Waals surface area contributed by atoms with Crippen LogP contribution in [-0.2, 0) is 16.6 Å². The van der Waals surface area contributed by atoms with Gasteiger partial charge in [0.2, 0.25) is 10.0 Å². The number of hydrogen-bond donors (Lipinski definition) is 1. The molecule has 0 amide bonds. The van der Waals surface area contributed by atoms with Crippen molar-refractivity contribution in [1.29, 1.82) is 0 Å². The molecule has 1 saturated heterocycles. The molecular weight excluding hydrogens is 398 g/mol. The molecule has 1 aliphatic rings. The van der Waals surface area contributed by atoms with Crippen LogP contribution in [0.2, 0.25) is 0 Å². The second kappa shape index (κ2) is 9.71. The molecule has 154 valence electrons. The van der Waals surface area contributed by atoms with Crippen LogP contribution in [0.4, 0.5) is 0 Å². The molecule has 1 heterocycles. The lowest BCUT2D eigenvalue weighted by molar-refractivity contribution is 0.151. The number of para-hydroxylation sites is 1. The summed E-state index contributed by atoms with van der Waals surface area (Å²) in [6, 6.07) is 15.5. The van der Waals surface area contributed by atoms with Crippen LogP contribution >= 0.6 is 12.4 Å². The minimum atomic E-state index is -3.43. The first-order chi connectivity index (χ1) is 12.9. The van der Waals surface area contributed by atoms with Gasteiger partial charge in [0.05, 0.1) is 18.0 Å². The van der Waals surface area contributed by atoms with Crippen molar-refractivity contribution < 1.29 is 13.2 Å². The van der Waals surface area contributed by atoms with E-state index in [4.69, 9.17) is 4.74 Å². The highest BCUT2D eigenvalue weighted by atomic mass is 35.5. The fraction of sp³-hybridized carbons (Fsp3) is 0.400. The number of nitrogens with zero attached hydrogens (tertiary/aromatic N) is 2. The number of piperazine rings is 1. The van der Waals surface area contributed by atoms with Crippen LogP contribution in [0.15, 0.2) is 53.4 Å². The molecule has 2 aromatic rings. The molecule has 6 nitrogen and oxygen atoms in total. The molecule has 3 rings (SSSR count). The molecule has 1 N–H and O–H groups in total. The Bertz CT molecular complexity index is 890. The number of sulfonamides is 1. The van der Waals surface area contributed by atoms with E-state index >= 15 is 0 Å². The second-order valence-electron chi connectivity index (χ2n) is 6.87. The molecule has 0 aromatic heterocycles. The largest absolute Gasteiger partial charge is 0.496 e. The van der Waals surface area contributed by atoms with Crippen LogP contribution in [0.5, 0.6) is 5.75 Å². The van der Waals surface area contributed by atoms with Gasteiger partial charge in [-0.25, -0.2) is 12.7 Å². The van der Waals surface area contributed by atoms with Gasteiger partial charge >= 0.3 is 0 Å². The second-order valence-corrected chi connectivity index (χ2v) is 9.02. The number of hydrogen-bond acceptors (Lipinski definition) is 5. The van der Waals surface area contributed by atoms with E-state index in [1.165, 1.54) is 4.31 Å². The van der Waals surface area contributed by atoms with Gasteiger partial charge < -0.3 is 10.1 Å². The number of nitrogens with one attached hydrogen (secondary N) is 1. The van der Waals surface area contributed by atoms with Crippen LogP contribution in [0.25, 0.3) is 0 Å². The fourth-order valence-electron chi connectivity index (χ4n) is 3.43. The van der Waals surface area contributed by atoms with Crippen molar-refractivity contribution in [3.05, 3.63) is 59.7 Å². The monoisotopic (exact) mass is 425 g/mol. The zero-order chi connectivity index (χ0) is 19.4. The van der Waals surface area contributed by atoms with E-state index in [1.807, 2.05) is 30.3 Å². The number of rotatable bonds is 6. The van der Waals surface area contributed by atoms with Crippen molar-refractivity contribution in [1.82, 2.24) is 14.5 Å². The number of methoxy groups -OCH3 is 1. The van der Waals surface area contributed by atoms with E-state index in [2.05, 4.69) is 16.3 Å². The molecule has 1 unspecified atom stereocenters. The number of ether oxygens (including phenoxy) is 1. The van der Waals surface area contributed by atoms with Crippen LogP contribution in [0, 0.1) is 0 Å². The first kappa shape index (κ1) is 22.6. The maximum Gasteiger partial charge on any atom is 0.242 e. The lowest BCUT2D eigenvalue weighted by Gasteiger charge is -2.37. The van der Waals surface area contributed by atoms with Gasteiger partial charge in [0.15, 0.2) is 0 Å². The zero-order valence-electron chi connectivity index (χ0n) is 16.5. The topological polar surface area (TPSA) is 61.9 Å². The Morgan fingerprint density at radius 2 is 1.93 bits per heavy atom. The molecule has 0 saturated carbocycles. The summed E-state index contributed by atoms with van der Waals surface area (Å²) in [4.78, 5) is 2.70. The predicted octanol–water partition coefficient (Wildman–Crippen LogP) is 2.51. The molecule has 0 radical (unpaired) electrons. The molecule has 1 fully saturated rings. The lowest BCUT2D eigenvalue weighted by Crippen LogP contribution is -2.45. The van der Waals surface area contributed by atoms with Crippen LogP contribution in [0.3, 0.4) is 0 Å². The van der Waals surface area contributed by atoms with E-state index in [9.17, 15) is 8.42 Å². The molecule has 28 heavy (non-hydrogen) atoms. The van der Waals surface area contributed by atoms with E-state index in [0.717, 1.165) is 36.5 Å². The van der Waals surface area contributed by atoms with Gasteiger partial charge in [0.25, 0.3) is 0 Å². The minimum absolute atomic E-state index is 0. The Hall–Kier alpha value is -1.64. The third-order valence-electron chi connectivity index (χ3n) is 4.91. The summed E-state index contributed by atoms with van der Waals surface area (Å²) in [7, 11) is 1.36. The van der Waals surface area contributed by atoms with Crippen molar-refractivity contribution in [3.8, 4) is 5.75 Å². The molecule has 2 aromatic carbocycles. The maximum absolute atomic E-state index is 12.4. The summed E-state index contributed by atoms with van der Waals surface area (Å²) in [5.41, 5.74) is 2.13. The number of benzene rings is 2. The standard InChI is InChI=1S/C20H27N3O3S.ClH/c1-22(2)27(24,25)17-8-6-7-16(13-17)15-23-12-11-21-14-19(23)18-9-4-5-10-20(18)26-3;/h4-10,13,19,21H,11-12,14-15H2,1-3H3;1H. The third-order valence-corrected chi connectivity index (χ3v) is 6.73. The Kier molecular flexibility index (Phi) is 7.86. The zero-order valence-corrected chi connectivity index (χ0v) is 18.1. The highest BCUT2D eigenvalue weighted by molar-refractivity contribution is 7.89. The summed E-state index contributed by atoms with van der Waals surface area (Å²) in [5.74, 6) is 0.875. The molecule has 1 aliphatic heterocycles. The molecule has 0 bridgehead atoms. The summed E-state index contributed by atoms with van der Waals surface area (Å²) in [5, 5.41) is 3.45. The maximum atomic E-state index is 12.4. The van der Waals surface area contributed by atoms with Gasteiger partial charge in [-0.3, -0.25) is 4.90 Å². The molecule has 0 spiro atoms. The molecular formula is C20H28ClN3O3S. The highest BCUT2D eigenvalue weighted by Gasteiger charge is 2.26. The smallest absolute Gasteiger partial charge is 0.242 e. The first-order valence-electron chi connectivity index (χ1n) is 9.02. The summed E-state index contributed by atoms with van der Waals surface area (Å²) < 4.78 is 31.7. The summed E-state index contributed by atoms with van der Waals surface area (Å²) >= 11 is 0. The van der Waals surface area contributed by atoms with Gasteiger partial charge in [0.1, 0.15) is 5.75 Å². The van der Waals surface area contributed by atoms with Crippen LogP contribution in [0.1, 0.15) is 17.2 Å². The fourth-order valence-corrected chi connectivity index (χ4v) is 4.41.